The number of carbonyl (C=O) groups is 1. The lowest BCUT2D eigenvalue weighted by molar-refractivity contribution is -0.118. The normalized spacial score (nSPS) is 10.2. The second kappa shape index (κ2) is 6.55. The Morgan fingerprint density at radius 3 is 2.50 bits per heavy atom. The lowest BCUT2D eigenvalue weighted by atomic mass is 10.2. The molecule has 0 fully saturated rings. The lowest BCUT2D eigenvalue weighted by Crippen LogP contribution is -2.26. The number of nitrogens with zero attached hydrogens (tertiary/aromatic N) is 1. The van der Waals surface area contributed by atoms with E-state index in [-0.39, 0.29) is 5.91 Å². The molecule has 1 aromatic carbocycles. The number of thioether (sulfide) groups is 1. The summed E-state index contributed by atoms with van der Waals surface area (Å²) in [4.78, 5) is 14.6. The van der Waals surface area contributed by atoms with E-state index in [2.05, 4.69) is 0 Å². The van der Waals surface area contributed by atoms with Crippen molar-refractivity contribution in [2.45, 2.75) is 17.7 Å². The van der Waals surface area contributed by atoms with Gasteiger partial charge in [-0.2, -0.15) is 0 Å². The van der Waals surface area contributed by atoms with E-state index < -0.39 is 0 Å². The van der Waals surface area contributed by atoms with Crippen molar-refractivity contribution in [3.8, 4) is 0 Å². The van der Waals surface area contributed by atoms with Gasteiger partial charge in [-0.05, 0) is 43.5 Å². The summed E-state index contributed by atoms with van der Waals surface area (Å²) in [6, 6.07) is 7.97. The third-order valence-corrected chi connectivity index (χ3v) is 3.17. The van der Waals surface area contributed by atoms with Crippen LogP contribution in [-0.2, 0) is 4.79 Å². The molecule has 4 heteroatoms. The SMILES string of the molecule is CSc1ccc(N(C)C(=O)CCCN)cc1. The van der Waals surface area contributed by atoms with Crippen LogP contribution < -0.4 is 10.6 Å². The van der Waals surface area contributed by atoms with E-state index in [0.29, 0.717) is 13.0 Å². The average Bonchev–Trinajstić information content (AvgIpc) is 2.35. The van der Waals surface area contributed by atoms with Crippen molar-refractivity contribution in [3.05, 3.63) is 24.3 Å². The number of amides is 1. The van der Waals surface area contributed by atoms with E-state index in [1.165, 1.54) is 4.90 Å². The van der Waals surface area contributed by atoms with Gasteiger partial charge >= 0.3 is 0 Å². The zero-order chi connectivity index (χ0) is 12.0. The third-order valence-electron chi connectivity index (χ3n) is 2.43. The summed E-state index contributed by atoms with van der Waals surface area (Å²) in [5.74, 6) is 0.113. The first-order valence-corrected chi connectivity index (χ1v) is 6.52. The molecule has 88 valence electrons. The van der Waals surface area contributed by atoms with Crippen molar-refractivity contribution >= 4 is 23.4 Å². The Kier molecular flexibility index (Phi) is 5.35. The van der Waals surface area contributed by atoms with Gasteiger partial charge in [0.05, 0.1) is 0 Å². The second-order valence-electron chi connectivity index (χ2n) is 3.54. The number of hydrogen-bond donors (Lipinski definition) is 1. The Balaban J connectivity index is 2.64. The Labute approximate surface area is 101 Å². The van der Waals surface area contributed by atoms with Crippen LogP contribution >= 0.6 is 11.8 Å². The molecular formula is C12H18N2OS. The number of rotatable bonds is 5. The van der Waals surface area contributed by atoms with Gasteiger partial charge in [0.15, 0.2) is 0 Å². The average molecular weight is 238 g/mol. The largest absolute Gasteiger partial charge is 0.330 e. The molecule has 1 amide bonds. The van der Waals surface area contributed by atoms with Gasteiger partial charge in [-0.15, -0.1) is 11.8 Å². The van der Waals surface area contributed by atoms with Crippen LogP contribution in [0.5, 0.6) is 0 Å². The Hall–Kier alpha value is -1.00. The van der Waals surface area contributed by atoms with E-state index in [0.717, 1.165) is 12.1 Å². The van der Waals surface area contributed by atoms with Gasteiger partial charge in [0, 0.05) is 24.1 Å². The summed E-state index contributed by atoms with van der Waals surface area (Å²) in [6.45, 7) is 0.561. The fourth-order valence-corrected chi connectivity index (χ4v) is 1.78. The van der Waals surface area contributed by atoms with Gasteiger partial charge in [0.2, 0.25) is 5.91 Å². The molecule has 0 saturated carbocycles. The molecule has 2 N–H and O–H groups in total. The third kappa shape index (κ3) is 3.54. The maximum absolute atomic E-state index is 11.7. The summed E-state index contributed by atoms with van der Waals surface area (Å²) < 4.78 is 0. The van der Waals surface area contributed by atoms with Crippen molar-refractivity contribution in [1.82, 2.24) is 0 Å². The van der Waals surface area contributed by atoms with Crippen LogP contribution in [0.3, 0.4) is 0 Å². The van der Waals surface area contributed by atoms with E-state index in [1.807, 2.05) is 30.5 Å². The summed E-state index contributed by atoms with van der Waals surface area (Å²) >= 11 is 1.69. The van der Waals surface area contributed by atoms with Gasteiger partial charge in [-0.3, -0.25) is 4.79 Å². The molecule has 0 radical (unpaired) electrons. The number of benzene rings is 1. The molecule has 0 unspecified atom stereocenters. The monoisotopic (exact) mass is 238 g/mol. The van der Waals surface area contributed by atoms with Gasteiger partial charge in [0.25, 0.3) is 0 Å². The molecule has 0 bridgehead atoms. The standard InChI is InChI=1S/C12H18N2OS/c1-14(12(15)4-3-9-13)10-5-7-11(16-2)8-6-10/h5-8H,3-4,9,13H2,1-2H3. The molecule has 0 atom stereocenters. The van der Waals surface area contributed by atoms with Crippen molar-refractivity contribution in [3.63, 3.8) is 0 Å². The summed E-state index contributed by atoms with van der Waals surface area (Å²) in [7, 11) is 1.80. The predicted octanol–water partition coefficient (Wildman–Crippen LogP) is 2.11. The van der Waals surface area contributed by atoms with Crippen LogP contribution in [0.1, 0.15) is 12.8 Å². The molecule has 0 aromatic heterocycles. The molecule has 0 aliphatic heterocycles. The molecule has 0 aliphatic rings. The van der Waals surface area contributed by atoms with E-state index in [9.17, 15) is 4.79 Å². The molecule has 1 rings (SSSR count). The topological polar surface area (TPSA) is 46.3 Å². The van der Waals surface area contributed by atoms with E-state index in [1.54, 1.807) is 23.7 Å². The number of nitrogens with two attached hydrogens (primary N) is 1. The molecule has 0 aliphatic carbocycles. The molecular weight excluding hydrogens is 220 g/mol. The number of carbonyl (C=O) groups excluding carboxylic acids is 1. The van der Waals surface area contributed by atoms with Crippen LogP contribution in [0, 0.1) is 0 Å². The minimum absolute atomic E-state index is 0.113. The first kappa shape index (κ1) is 13.1. The van der Waals surface area contributed by atoms with Gasteiger partial charge in [-0.25, -0.2) is 0 Å². The summed E-state index contributed by atoms with van der Waals surface area (Å²) in [5.41, 5.74) is 6.31. The van der Waals surface area contributed by atoms with Crippen LogP contribution in [0.15, 0.2) is 29.2 Å². The van der Waals surface area contributed by atoms with Crippen molar-refractivity contribution < 1.29 is 4.79 Å². The first-order valence-electron chi connectivity index (χ1n) is 5.29. The number of anilines is 1. The van der Waals surface area contributed by atoms with E-state index in [4.69, 9.17) is 5.73 Å². The Bertz CT molecular complexity index is 337. The van der Waals surface area contributed by atoms with Crippen LogP contribution in [0.2, 0.25) is 0 Å². The van der Waals surface area contributed by atoms with Crippen molar-refractivity contribution in [2.24, 2.45) is 5.73 Å². The minimum Gasteiger partial charge on any atom is -0.330 e. The van der Waals surface area contributed by atoms with Crippen molar-refractivity contribution in [1.29, 1.82) is 0 Å². The second-order valence-corrected chi connectivity index (χ2v) is 4.42. The fraction of sp³-hybridized carbons (Fsp3) is 0.417. The highest BCUT2D eigenvalue weighted by Crippen LogP contribution is 2.20. The predicted molar refractivity (Wildman–Crippen MR) is 69.9 cm³/mol. The highest BCUT2D eigenvalue weighted by molar-refractivity contribution is 7.98. The highest BCUT2D eigenvalue weighted by Gasteiger charge is 2.09. The first-order chi connectivity index (χ1) is 7.69. The molecule has 0 spiro atoms. The highest BCUT2D eigenvalue weighted by atomic mass is 32.2. The summed E-state index contributed by atoms with van der Waals surface area (Å²) in [5, 5.41) is 0. The lowest BCUT2D eigenvalue weighted by Gasteiger charge is -2.17. The van der Waals surface area contributed by atoms with Crippen molar-refractivity contribution in [2.75, 3.05) is 24.7 Å². The molecule has 3 nitrogen and oxygen atoms in total. The van der Waals surface area contributed by atoms with Crippen LogP contribution in [-0.4, -0.2) is 25.8 Å². The minimum atomic E-state index is 0.113. The number of hydrogen-bond acceptors (Lipinski definition) is 3. The maximum Gasteiger partial charge on any atom is 0.226 e. The maximum atomic E-state index is 11.7. The quantitative estimate of drug-likeness (QED) is 0.799. The van der Waals surface area contributed by atoms with Crippen LogP contribution in [0.25, 0.3) is 0 Å². The molecule has 0 saturated heterocycles. The van der Waals surface area contributed by atoms with Crippen LogP contribution in [0.4, 0.5) is 5.69 Å². The van der Waals surface area contributed by atoms with Gasteiger partial charge in [-0.1, -0.05) is 0 Å². The Morgan fingerprint density at radius 2 is 2.00 bits per heavy atom. The Morgan fingerprint density at radius 1 is 1.38 bits per heavy atom. The smallest absolute Gasteiger partial charge is 0.226 e. The van der Waals surface area contributed by atoms with Gasteiger partial charge in [0.1, 0.15) is 0 Å². The summed E-state index contributed by atoms with van der Waals surface area (Å²) in [6.07, 6.45) is 3.29. The molecule has 0 heterocycles. The zero-order valence-corrected chi connectivity index (χ0v) is 10.6. The molecule has 16 heavy (non-hydrogen) atoms. The molecule has 1 aromatic rings. The van der Waals surface area contributed by atoms with E-state index >= 15 is 0 Å². The zero-order valence-electron chi connectivity index (χ0n) is 9.77. The fourth-order valence-electron chi connectivity index (χ4n) is 1.37. The van der Waals surface area contributed by atoms with Gasteiger partial charge < -0.3 is 10.6 Å².